The molecule has 0 aromatic rings. The Morgan fingerprint density at radius 1 is 0.667 bits per heavy atom. The van der Waals surface area contributed by atoms with E-state index in [1.807, 2.05) is 6.08 Å². The van der Waals surface area contributed by atoms with Gasteiger partial charge in [-0.05, 0) is 18.9 Å². The van der Waals surface area contributed by atoms with E-state index in [9.17, 15) is 4.79 Å². The second-order valence-corrected chi connectivity index (χ2v) is 7.81. The van der Waals surface area contributed by atoms with E-state index in [4.69, 9.17) is 4.74 Å². The largest absolute Gasteiger partial charge is 0.432 e. The fourth-order valence-corrected chi connectivity index (χ4v) is 3.40. The first-order valence-corrected chi connectivity index (χ1v) is 11.8. The summed E-state index contributed by atoms with van der Waals surface area (Å²) in [6, 6.07) is 0. The minimum Gasteiger partial charge on any atom is -0.432 e. The fourth-order valence-electron chi connectivity index (χ4n) is 3.40. The van der Waals surface area contributed by atoms with Crippen molar-refractivity contribution in [3.63, 3.8) is 0 Å². The van der Waals surface area contributed by atoms with E-state index in [2.05, 4.69) is 13.5 Å². The lowest BCUT2D eigenvalue weighted by molar-refractivity contribution is -0.132. The molecule has 0 saturated heterocycles. The first-order valence-electron chi connectivity index (χ1n) is 11.8. The van der Waals surface area contributed by atoms with Crippen LogP contribution in [-0.2, 0) is 9.53 Å². The maximum Gasteiger partial charge on any atom is 0.334 e. The summed E-state index contributed by atoms with van der Waals surface area (Å²) in [5.41, 5.74) is 0. The number of carbonyl (C=O) groups is 1. The highest BCUT2D eigenvalue weighted by Gasteiger charge is 1.95. The summed E-state index contributed by atoms with van der Waals surface area (Å²) in [6.07, 6.45) is 30.8. The molecule has 0 rings (SSSR count). The molecule has 0 aliphatic rings. The summed E-state index contributed by atoms with van der Waals surface area (Å²) >= 11 is 0. The number of rotatable bonds is 21. The molecule has 2 nitrogen and oxygen atoms in total. The molecule has 158 valence electrons. The zero-order valence-corrected chi connectivity index (χ0v) is 18.2. The molecule has 0 fully saturated rings. The molecule has 27 heavy (non-hydrogen) atoms. The SMILES string of the molecule is C=CC(=O)OC=CCCCCCCCCCCCCCCCCCCCC. The zero-order valence-electron chi connectivity index (χ0n) is 18.2. The summed E-state index contributed by atoms with van der Waals surface area (Å²) in [5.74, 6) is -0.385. The Bertz CT molecular complexity index is 346. The highest BCUT2D eigenvalue weighted by molar-refractivity contribution is 5.81. The third-order valence-corrected chi connectivity index (χ3v) is 5.17. The van der Waals surface area contributed by atoms with E-state index < -0.39 is 0 Å². The first-order chi connectivity index (χ1) is 13.3. The third-order valence-electron chi connectivity index (χ3n) is 5.17. The van der Waals surface area contributed by atoms with Gasteiger partial charge in [0.2, 0.25) is 0 Å². The quantitative estimate of drug-likeness (QED) is 0.0864. The van der Waals surface area contributed by atoms with Gasteiger partial charge in [0.25, 0.3) is 0 Å². The summed E-state index contributed by atoms with van der Waals surface area (Å²) < 4.78 is 4.79. The van der Waals surface area contributed by atoms with Gasteiger partial charge in [0.15, 0.2) is 0 Å². The second kappa shape index (κ2) is 23.0. The maximum absolute atomic E-state index is 10.8. The molecule has 0 aromatic heterocycles. The van der Waals surface area contributed by atoms with Gasteiger partial charge >= 0.3 is 5.97 Å². The maximum atomic E-state index is 10.8. The van der Waals surface area contributed by atoms with Crippen LogP contribution < -0.4 is 0 Å². The Morgan fingerprint density at radius 3 is 1.41 bits per heavy atom. The molecule has 0 bridgehead atoms. The van der Waals surface area contributed by atoms with Crippen LogP contribution in [0.25, 0.3) is 0 Å². The number of ether oxygens (including phenoxy) is 1. The number of hydrogen-bond donors (Lipinski definition) is 0. The van der Waals surface area contributed by atoms with Crippen molar-refractivity contribution in [2.45, 2.75) is 129 Å². The molecule has 0 heterocycles. The molecule has 0 unspecified atom stereocenters. The lowest BCUT2D eigenvalue weighted by Gasteiger charge is -2.03. The van der Waals surface area contributed by atoms with Gasteiger partial charge in [0.05, 0.1) is 6.26 Å². The zero-order chi connectivity index (χ0) is 19.8. The first kappa shape index (κ1) is 26.0. The molecule has 0 radical (unpaired) electrons. The van der Waals surface area contributed by atoms with Crippen LogP contribution in [0.15, 0.2) is 25.0 Å². The van der Waals surface area contributed by atoms with Crippen LogP contribution in [0.3, 0.4) is 0 Å². The molecule has 2 heteroatoms. The van der Waals surface area contributed by atoms with Crippen LogP contribution in [0.5, 0.6) is 0 Å². The van der Waals surface area contributed by atoms with Crippen LogP contribution >= 0.6 is 0 Å². The number of allylic oxidation sites excluding steroid dienone is 1. The summed E-state index contributed by atoms with van der Waals surface area (Å²) in [5, 5.41) is 0. The Morgan fingerprint density at radius 2 is 1.04 bits per heavy atom. The van der Waals surface area contributed by atoms with Crippen molar-refractivity contribution in [1.29, 1.82) is 0 Å². The molecular formula is C25H46O2. The van der Waals surface area contributed by atoms with Crippen LogP contribution in [0.1, 0.15) is 129 Å². The molecule has 0 N–H and O–H groups in total. The van der Waals surface area contributed by atoms with Crippen LogP contribution in [0.4, 0.5) is 0 Å². The topological polar surface area (TPSA) is 26.3 Å². The molecule has 0 aliphatic heterocycles. The minimum absolute atomic E-state index is 0.385. The number of carbonyl (C=O) groups excluding carboxylic acids is 1. The molecule has 0 aromatic carbocycles. The Labute approximate surface area is 169 Å². The third kappa shape index (κ3) is 22.9. The summed E-state index contributed by atoms with van der Waals surface area (Å²) in [4.78, 5) is 10.8. The minimum atomic E-state index is -0.385. The molecule has 0 aliphatic carbocycles. The van der Waals surface area contributed by atoms with Gasteiger partial charge < -0.3 is 4.74 Å². The number of esters is 1. The number of unbranched alkanes of at least 4 members (excludes halogenated alkanes) is 18. The second-order valence-electron chi connectivity index (χ2n) is 7.81. The van der Waals surface area contributed by atoms with E-state index in [1.165, 1.54) is 128 Å². The molecule has 0 spiro atoms. The summed E-state index contributed by atoms with van der Waals surface area (Å²) in [6.45, 7) is 5.64. The Balaban J connectivity index is 3.07. The van der Waals surface area contributed by atoms with Crippen molar-refractivity contribution in [3.8, 4) is 0 Å². The molecule has 0 atom stereocenters. The monoisotopic (exact) mass is 378 g/mol. The van der Waals surface area contributed by atoms with Gasteiger partial charge in [-0.25, -0.2) is 4.79 Å². The van der Waals surface area contributed by atoms with Gasteiger partial charge in [-0.1, -0.05) is 123 Å². The van der Waals surface area contributed by atoms with E-state index in [1.54, 1.807) is 0 Å². The normalized spacial score (nSPS) is 11.1. The van der Waals surface area contributed by atoms with Gasteiger partial charge in [-0.15, -0.1) is 0 Å². The Hall–Kier alpha value is -1.05. The molecule has 0 amide bonds. The van der Waals surface area contributed by atoms with Crippen molar-refractivity contribution in [2.75, 3.05) is 0 Å². The van der Waals surface area contributed by atoms with Crippen molar-refractivity contribution in [3.05, 3.63) is 25.0 Å². The van der Waals surface area contributed by atoms with Crippen molar-refractivity contribution < 1.29 is 9.53 Å². The summed E-state index contributed by atoms with van der Waals surface area (Å²) in [7, 11) is 0. The predicted molar refractivity (Wildman–Crippen MR) is 119 cm³/mol. The van der Waals surface area contributed by atoms with Crippen LogP contribution in [0.2, 0.25) is 0 Å². The van der Waals surface area contributed by atoms with Gasteiger partial charge in [0, 0.05) is 6.08 Å². The number of hydrogen-bond acceptors (Lipinski definition) is 2. The van der Waals surface area contributed by atoms with E-state index in [0.29, 0.717) is 0 Å². The van der Waals surface area contributed by atoms with E-state index in [-0.39, 0.29) is 5.97 Å². The van der Waals surface area contributed by atoms with E-state index in [0.717, 1.165) is 6.42 Å². The van der Waals surface area contributed by atoms with Crippen molar-refractivity contribution in [2.24, 2.45) is 0 Å². The van der Waals surface area contributed by atoms with E-state index >= 15 is 0 Å². The van der Waals surface area contributed by atoms with Gasteiger partial charge in [0.1, 0.15) is 0 Å². The molecule has 0 saturated carbocycles. The average molecular weight is 379 g/mol. The standard InChI is InChI=1S/C25H46O2/c1-3-5-6-7-8-9-10-11-12-13-14-15-16-17-18-19-20-21-22-23-24-27-25(26)4-2/h4,23-24H,2-3,5-22H2,1H3. The smallest absolute Gasteiger partial charge is 0.334 e. The lowest BCUT2D eigenvalue weighted by atomic mass is 10.0. The van der Waals surface area contributed by atoms with Crippen molar-refractivity contribution in [1.82, 2.24) is 0 Å². The lowest BCUT2D eigenvalue weighted by Crippen LogP contribution is -1.91. The van der Waals surface area contributed by atoms with Gasteiger partial charge in [-0.3, -0.25) is 0 Å². The van der Waals surface area contributed by atoms with Crippen LogP contribution in [0, 0.1) is 0 Å². The van der Waals surface area contributed by atoms with Gasteiger partial charge in [-0.2, -0.15) is 0 Å². The highest BCUT2D eigenvalue weighted by atomic mass is 16.5. The predicted octanol–water partition coefficient (Wildman–Crippen LogP) is 8.66. The van der Waals surface area contributed by atoms with Crippen LogP contribution in [-0.4, -0.2) is 5.97 Å². The highest BCUT2D eigenvalue weighted by Crippen LogP contribution is 2.14. The average Bonchev–Trinajstić information content (AvgIpc) is 2.68. The van der Waals surface area contributed by atoms with Crippen molar-refractivity contribution >= 4 is 5.97 Å². The fraction of sp³-hybridized carbons (Fsp3) is 0.800. The molecular weight excluding hydrogens is 332 g/mol. The Kier molecular flexibility index (Phi) is 22.1.